The lowest BCUT2D eigenvalue weighted by molar-refractivity contribution is -0.127. The van der Waals surface area contributed by atoms with Crippen molar-refractivity contribution in [3.05, 3.63) is 66.9 Å². The van der Waals surface area contributed by atoms with Gasteiger partial charge in [-0.2, -0.15) is 0 Å². The molecule has 312 valence electrons. The van der Waals surface area contributed by atoms with Crippen molar-refractivity contribution in [2.45, 2.75) is 168 Å². The normalized spacial score (nSPS) is 31.5. The fourth-order valence-electron chi connectivity index (χ4n) is 13.5. The van der Waals surface area contributed by atoms with E-state index in [-0.39, 0.29) is 10.9 Å². The number of nitrogens with one attached hydrogen (secondary N) is 1. The molecule has 0 saturated heterocycles. The van der Waals surface area contributed by atoms with Gasteiger partial charge in [0.25, 0.3) is 0 Å². The van der Waals surface area contributed by atoms with E-state index in [2.05, 4.69) is 120 Å². The lowest BCUT2D eigenvalue weighted by Gasteiger charge is -2.61. The molecule has 0 radical (unpaired) electrons. The molecular weight excluding hydrogens is 729 g/mol. The molecule has 0 spiro atoms. The van der Waals surface area contributed by atoms with E-state index in [0.717, 1.165) is 64.6 Å². The molecule has 1 N–H and O–H groups in total. The first-order valence-corrected chi connectivity index (χ1v) is 29.4. The number of hydrogen-bond acceptors (Lipinski definition) is 3. The summed E-state index contributed by atoms with van der Waals surface area (Å²) in [6.07, 6.45) is 19.1. The predicted octanol–water partition coefficient (Wildman–Crippen LogP) is 13.7. The maximum Gasteiger partial charge on any atom is 0.224 e. The summed E-state index contributed by atoms with van der Waals surface area (Å²) in [7, 11) is -3.48. The Hall–Kier alpha value is -2.29. The number of anilines is 1. The van der Waals surface area contributed by atoms with Crippen LogP contribution in [0, 0.1) is 52.3 Å². The van der Waals surface area contributed by atoms with E-state index in [1.54, 1.807) is 0 Å². The number of carbonyl (C=O) groups is 1. The molecule has 3 aromatic rings. The molecule has 4 aliphatic rings. The monoisotopic (exact) mass is 807 g/mol. The van der Waals surface area contributed by atoms with Gasteiger partial charge in [-0.15, -0.1) is 0 Å². The Balaban J connectivity index is 0.977. The Bertz CT molecular complexity index is 1830. The van der Waals surface area contributed by atoms with Crippen LogP contribution in [0.4, 0.5) is 5.69 Å². The molecule has 4 fully saturated rings. The number of benzene rings is 2. The summed E-state index contributed by atoms with van der Waals surface area (Å²) in [5, 5.41) is 6.13. The molecule has 6 heteroatoms. The molecule has 1 aromatic heterocycles. The molecule has 0 bridgehead atoms. The number of amides is 1. The Labute approximate surface area is 349 Å². The fourth-order valence-corrected chi connectivity index (χ4v) is 18.0. The van der Waals surface area contributed by atoms with Gasteiger partial charge in [-0.3, -0.25) is 9.78 Å². The van der Waals surface area contributed by atoms with E-state index in [4.69, 9.17) is 4.43 Å². The first-order valence-electron chi connectivity index (χ1n) is 23.3. The van der Waals surface area contributed by atoms with E-state index >= 15 is 0 Å². The van der Waals surface area contributed by atoms with Crippen molar-refractivity contribution < 1.29 is 9.22 Å². The van der Waals surface area contributed by atoms with Gasteiger partial charge in [-0.25, -0.2) is 0 Å². The van der Waals surface area contributed by atoms with Crippen LogP contribution in [-0.2, 0) is 9.22 Å². The van der Waals surface area contributed by atoms with Crippen LogP contribution in [0.2, 0.25) is 37.3 Å². The highest BCUT2D eigenvalue weighted by Gasteiger charge is 2.61. The van der Waals surface area contributed by atoms with Gasteiger partial charge in [0, 0.05) is 24.1 Å². The predicted molar refractivity (Wildman–Crippen MR) is 247 cm³/mol. The average molecular weight is 807 g/mol. The molecule has 1 amide bonds. The largest absolute Gasteiger partial charge is 0.414 e. The van der Waals surface area contributed by atoms with Crippen LogP contribution in [0.15, 0.2) is 66.9 Å². The summed E-state index contributed by atoms with van der Waals surface area (Å²) >= 11 is 0. The van der Waals surface area contributed by atoms with Crippen LogP contribution in [0.3, 0.4) is 0 Å². The number of nitrogens with zero attached hydrogens (tertiary/aromatic N) is 1. The third kappa shape index (κ3) is 8.81. The highest BCUT2D eigenvalue weighted by molar-refractivity contribution is 6.89. The zero-order chi connectivity index (χ0) is 40.8. The highest BCUT2D eigenvalue weighted by Crippen LogP contribution is 2.68. The van der Waals surface area contributed by atoms with Crippen LogP contribution in [0.5, 0.6) is 0 Å². The summed E-state index contributed by atoms with van der Waals surface area (Å²) in [6, 6.07) is 22.4. The van der Waals surface area contributed by atoms with Crippen molar-refractivity contribution in [3.8, 4) is 0 Å². The van der Waals surface area contributed by atoms with Gasteiger partial charge >= 0.3 is 0 Å². The second-order valence-corrected chi connectivity index (χ2v) is 32.0. The van der Waals surface area contributed by atoms with Gasteiger partial charge in [0.05, 0.1) is 19.3 Å². The van der Waals surface area contributed by atoms with Gasteiger partial charge in [-0.1, -0.05) is 134 Å². The molecule has 4 nitrogen and oxygen atoms in total. The van der Waals surface area contributed by atoms with E-state index in [1.807, 2.05) is 24.4 Å². The lowest BCUT2D eigenvalue weighted by atomic mass is 9.44. The number of para-hydroxylation sites is 1. The van der Waals surface area contributed by atoms with Crippen molar-refractivity contribution in [2.75, 3.05) is 5.32 Å². The van der Waals surface area contributed by atoms with Crippen molar-refractivity contribution in [3.63, 3.8) is 0 Å². The summed E-state index contributed by atoms with van der Waals surface area (Å²) in [6.45, 7) is 25.2. The first kappa shape index (κ1) is 42.8. The molecule has 4 saturated carbocycles. The minimum Gasteiger partial charge on any atom is -0.414 e. The number of rotatable bonds is 13. The molecule has 57 heavy (non-hydrogen) atoms. The number of aromatic nitrogens is 1. The van der Waals surface area contributed by atoms with Gasteiger partial charge in [0.1, 0.15) is 0 Å². The smallest absolute Gasteiger partial charge is 0.224 e. The van der Waals surface area contributed by atoms with Gasteiger partial charge in [0.15, 0.2) is 8.32 Å². The lowest BCUT2D eigenvalue weighted by Crippen LogP contribution is -2.55. The zero-order valence-corrected chi connectivity index (χ0v) is 39.6. The maximum absolute atomic E-state index is 13.8. The molecular formula is C51H78N2O2Si2. The maximum atomic E-state index is 13.8. The van der Waals surface area contributed by atoms with Gasteiger partial charge in [0.2, 0.25) is 5.91 Å². The van der Waals surface area contributed by atoms with E-state index in [1.165, 1.54) is 75.8 Å². The quantitative estimate of drug-likeness (QED) is 0.175. The Morgan fingerprint density at radius 2 is 1.58 bits per heavy atom. The van der Waals surface area contributed by atoms with Crippen molar-refractivity contribution in [1.82, 2.24) is 4.98 Å². The van der Waals surface area contributed by atoms with Gasteiger partial charge in [-0.05, 0) is 140 Å². The molecule has 0 aliphatic heterocycles. The minimum absolute atomic E-state index is 0.131. The van der Waals surface area contributed by atoms with E-state index < -0.39 is 16.4 Å². The topological polar surface area (TPSA) is 51.2 Å². The summed E-state index contributed by atoms with van der Waals surface area (Å²) < 4.78 is 7.07. The second-order valence-electron chi connectivity index (χ2n) is 22.5. The van der Waals surface area contributed by atoms with Crippen LogP contribution in [-0.4, -0.2) is 33.4 Å². The summed E-state index contributed by atoms with van der Waals surface area (Å²) in [5.41, 5.74) is 2.69. The third-order valence-electron chi connectivity index (χ3n) is 17.7. The van der Waals surface area contributed by atoms with E-state index in [9.17, 15) is 4.79 Å². The molecule has 7 rings (SSSR count). The molecule has 10 atom stereocenters. The summed E-state index contributed by atoms with van der Waals surface area (Å²) in [5.74, 6) is 5.66. The number of carbonyl (C=O) groups excluding carboxylic acids is 1. The van der Waals surface area contributed by atoms with Crippen LogP contribution in [0.25, 0.3) is 10.9 Å². The molecule has 2 aromatic carbocycles. The minimum atomic E-state index is -1.74. The van der Waals surface area contributed by atoms with Crippen molar-refractivity contribution in [1.29, 1.82) is 0 Å². The van der Waals surface area contributed by atoms with Crippen LogP contribution < -0.4 is 10.5 Å². The number of hydrogen-bond donors (Lipinski definition) is 1. The summed E-state index contributed by atoms with van der Waals surface area (Å²) in [4.78, 5) is 18.4. The van der Waals surface area contributed by atoms with Crippen LogP contribution in [0.1, 0.15) is 125 Å². The number of pyridine rings is 1. The van der Waals surface area contributed by atoms with E-state index in [0.29, 0.717) is 29.3 Å². The molecule has 4 aliphatic carbocycles. The SMILES string of the molecule is C[C@H](CCCC(CC(=O)Nc1cccc2cccnc12)C[Si](C)(C)c1ccccc1)C1CCC2C3CCC4CC(O[Si](C)(C)C(C)(C)C)CCC4(C)C3CCC21C. The van der Waals surface area contributed by atoms with Gasteiger partial charge < -0.3 is 9.74 Å². The number of fused-ring (bicyclic) bond motifs is 6. The molecule has 9 unspecified atom stereocenters. The Morgan fingerprint density at radius 1 is 0.860 bits per heavy atom. The molecule has 1 heterocycles. The van der Waals surface area contributed by atoms with Crippen LogP contribution >= 0.6 is 0 Å². The zero-order valence-electron chi connectivity index (χ0n) is 37.6. The second kappa shape index (κ2) is 16.6. The first-order chi connectivity index (χ1) is 26.9. The third-order valence-corrected chi connectivity index (χ3v) is 25.7. The fraction of sp³-hybridized carbons (Fsp3) is 0.686. The Morgan fingerprint density at radius 3 is 2.33 bits per heavy atom. The standard InChI is InChI=1S/C51H78N2O2Si2/c1-36(17-14-18-37(35-56(7,8)41-21-12-11-13-22-41)33-47(54)53-46-23-15-19-38-20-16-32-52-48(38)46)43-26-27-44-42-25-24-39-34-40(55-57(9,10)49(2,3)4)28-30-50(39,5)45(42)29-31-51(43,44)6/h11-13,15-16,19-23,32,36-37,39-40,42-45H,14,17-18,24-31,33-35H2,1-10H3,(H,53,54)/t36-,37?,39?,40?,42?,43?,44?,45?,50?,51?/m1/s1. The average Bonchev–Trinajstić information content (AvgIpc) is 3.52. The highest BCUT2D eigenvalue weighted by atomic mass is 28.4. The van der Waals surface area contributed by atoms with Crippen molar-refractivity contribution >= 4 is 44.1 Å². The Kier molecular flexibility index (Phi) is 12.5. The van der Waals surface area contributed by atoms with Crippen molar-refractivity contribution in [2.24, 2.45) is 52.3 Å².